The Labute approximate surface area is 126 Å². The molecule has 5 nitrogen and oxygen atoms in total. The van der Waals surface area contributed by atoms with Crippen LogP contribution in [0.2, 0.25) is 0 Å². The average molecular weight is 297 g/mol. The molecule has 0 aromatic carbocycles. The maximum atomic E-state index is 12.3. The molecule has 0 aromatic rings. The van der Waals surface area contributed by atoms with Crippen LogP contribution in [0.1, 0.15) is 70.6 Å². The molecule has 2 rings (SSSR count). The number of carbonyl (C=O) groups excluding carboxylic acids is 1. The number of carboxylic acids is 1. The van der Waals surface area contributed by atoms with Gasteiger partial charge in [0, 0.05) is 12.5 Å². The van der Waals surface area contributed by atoms with Crippen molar-refractivity contribution in [3.63, 3.8) is 0 Å². The summed E-state index contributed by atoms with van der Waals surface area (Å²) in [5.41, 5.74) is -0.345. The predicted octanol–water partition coefficient (Wildman–Crippen LogP) is 2.22. The zero-order valence-electron chi connectivity index (χ0n) is 12.6. The molecule has 0 bridgehead atoms. The summed E-state index contributed by atoms with van der Waals surface area (Å²) >= 11 is 0. The van der Waals surface area contributed by atoms with Crippen molar-refractivity contribution in [2.24, 2.45) is 5.41 Å². The lowest BCUT2D eigenvalue weighted by Crippen LogP contribution is -2.41. The topological polar surface area (TPSA) is 86.6 Å². The second-order valence-electron chi connectivity index (χ2n) is 6.88. The Hall–Kier alpha value is -1.10. The Morgan fingerprint density at radius 3 is 2.19 bits per heavy atom. The molecule has 2 fully saturated rings. The maximum Gasteiger partial charge on any atom is 0.303 e. The van der Waals surface area contributed by atoms with E-state index in [0.29, 0.717) is 6.42 Å². The number of nitrogens with one attached hydrogen (secondary N) is 1. The number of carbonyl (C=O) groups is 2. The Morgan fingerprint density at radius 2 is 1.62 bits per heavy atom. The van der Waals surface area contributed by atoms with E-state index in [-0.39, 0.29) is 29.9 Å². The molecule has 2 aliphatic rings. The molecule has 0 radical (unpaired) electrons. The molecular weight excluding hydrogens is 270 g/mol. The molecule has 0 heterocycles. The fourth-order valence-electron chi connectivity index (χ4n) is 3.88. The van der Waals surface area contributed by atoms with Crippen LogP contribution in [-0.4, -0.2) is 34.2 Å². The Bertz CT molecular complexity index is 368. The van der Waals surface area contributed by atoms with Gasteiger partial charge in [-0.2, -0.15) is 0 Å². The number of hydrogen-bond acceptors (Lipinski definition) is 3. The third-order valence-electron chi connectivity index (χ3n) is 5.04. The second-order valence-corrected chi connectivity index (χ2v) is 6.88. The van der Waals surface area contributed by atoms with Gasteiger partial charge in [-0.1, -0.05) is 19.3 Å². The largest absolute Gasteiger partial charge is 0.481 e. The normalized spacial score (nSPS) is 28.8. The van der Waals surface area contributed by atoms with Crippen LogP contribution in [0, 0.1) is 5.41 Å². The highest BCUT2D eigenvalue weighted by atomic mass is 16.4. The number of amides is 1. The summed E-state index contributed by atoms with van der Waals surface area (Å²) in [5.74, 6) is -0.815. The zero-order chi connectivity index (χ0) is 15.3. The van der Waals surface area contributed by atoms with Gasteiger partial charge in [-0.3, -0.25) is 9.59 Å². The fraction of sp³-hybridized carbons (Fsp3) is 0.875. The van der Waals surface area contributed by atoms with E-state index in [2.05, 4.69) is 5.32 Å². The maximum absolute atomic E-state index is 12.3. The van der Waals surface area contributed by atoms with Gasteiger partial charge >= 0.3 is 5.97 Å². The summed E-state index contributed by atoms with van der Waals surface area (Å²) in [4.78, 5) is 23.4. The fourth-order valence-corrected chi connectivity index (χ4v) is 3.88. The first-order valence-electron chi connectivity index (χ1n) is 8.18. The molecule has 1 amide bonds. The van der Waals surface area contributed by atoms with Crippen LogP contribution in [-0.2, 0) is 9.59 Å². The van der Waals surface area contributed by atoms with Crippen molar-refractivity contribution < 1.29 is 19.8 Å². The molecule has 0 aliphatic heterocycles. The molecule has 2 aliphatic carbocycles. The first-order valence-corrected chi connectivity index (χ1v) is 8.18. The lowest BCUT2D eigenvalue weighted by molar-refractivity contribution is -0.141. The first-order chi connectivity index (χ1) is 9.99. The third-order valence-corrected chi connectivity index (χ3v) is 5.04. The van der Waals surface area contributed by atoms with Crippen molar-refractivity contribution in [1.82, 2.24) is 5.32 Å². The van der Waals surface area contributed by atoms with Gasteiger partial charge in [0.25, 0.3) is 0 Å². The van der Waals surface area contributed by atoms with Gasteiger partial charge in [0.2, 0.25) is 5.91 Å². The molecule has 5 heteroatoms. The van der Waals surface area contributed by atoms with Crippen LogP contribution in [0.4, 0.5) is 0 Å². The highest BCUT2D eigenvalue weighted by Crippen LogP contribution is 2.42. The van der Waals surface area contributed by atoms with E-state index in [1.807, 2.05) is 0 Å². The van der Waals surface area contributed by atoms with Crippen LogP contribution < -0.4 is 5.32 Å². The molecule has 120 valence electrons. The van der Waals surface area contributed by atoms with Gasteiger partial charge in [0.1, 0.15) is 0 Å². The highest BCUT2D eigenvalue weighted by Gasteiger charge is 2.37. The monoisotopic (exact) mass is 297 g/mol. The van der Waals surface area contributed by atoms with Crippen molar-refractivity contribution in [1.29, 1.82) is 0 Å². The van der Waals surface area contributed by atoms with E-state index in [4.69, 9.17) is 5.11 Å². The van der Waals surface area contributed by atoms with Crippen molar-refractivity contribution in [2.45, 2.75) is 82.8 Å². The minimum atomic E-state index is -0.800. The van der Waals surface area contributed by atoms with Crippen LogP contribution in [0.3, 0.4) is 0 Å². The number of rotatable bonds is 5. The Balaban J connectivity index is 1.87. The van der Waals surface area contributed by atoms with Gasteiger partial charge in [0.05, 0.1) is 12.5 Å². The number of aliphatic hydroxyl groups is 1. The molecular formula is C16H27NO4. The molecule has 0 aromatic heterocycles. The Morgan fingerprint density at radius 1 is 1.00 bits per heavy atom. The van der Waals surface area contributed by atoms with E-state index in [1.165, 1.54) is 0 Å². The summed E-state index contributed by atoms with van der Waals surface area (Å²) in [6.45, 7) is 0. The van der Waals surface area contributed by atoms with Crippen LogP contribution >= 0.6 is 0 Å². The summed E-state index contributed by atoms with van der Waals surface area (Å²) < 4.78 is 0. The van der Waals surface area contributed by atoms with Crippen molar-refractivity contribution in [3.05, 3.63) is 0 Å². The number of hydrogen-bond donors (Lipinski definition) is 3. The number of aliphatic hydroxyl groups excluding tert-OH is 1. The van der Waals surface area contributed by atoms with Gasteiger partial charge < -0.3 is 15.5 Å². The predicted molar refractivity (Wildman–Crippen MR) is 78.8 cm³/mol. The Kier molecular flexibility index (Phi) is 5.62. The summed E-state index contributed by atoms with van der Waals surface area (Å²) in [6, 6.07) is 0.145. The molecule has 0 atom stereocenters. The van der Waals surface area contributed by atoms with Crippen molar-refractivity contribution >= 4 is 11.9 Å². The molecule has 3 N–H and O–H groups in total. The number of carboxylic acid groups (broad SMARTS) is 1. The van der Waals surface area contributed by atoms with Crippen LogP contribution in [0.15, 0.2) is 0 Å². The van der Waals surface area contributed by atoms with E-state index in [9.17, 15) is 14.7 Å². The lowest BCUT2D eigenvalue weighted by atomic mass is 9.69. The van der Waals surface area contributed by atoms with Gasteiger partial charge in [-0.25, -0.2) is 0 Å². The van der Waals surface area contributed by atoms with E-state index < -0.39 is 5.97 Å². The summed E-state index contributed by atoms with van der Waals surface area (Å²) in [5, 5.41) is 21.7. The van der Waals surface area contributed by atoms with Crippen LogP contribution in [0.5, 0.6) is 0 Å². The highest BCUT2D eigenvalue weighted by molar-refractivity contribution is 5.78. The van der Waals surface area contributed by atoms with E-state index in [0.717, 1.165) is 57.8 Å². The average Bonchev–Trinajstić information content (AvgIpc) is 2.41. The van der Waals surface area contributed by atoms with E-state index >= 15 is 0 Å². The zero-order valence-corrected chi connectivity index (χ0v) is 12.6. The molecule has 0 saturated heterocycles. The standard InChI is InChI=1S/C16H27NO4/c18-13-6-4-12(5-7-13)17-14(19)10-16(11-15(20)21)8-2-1-3-9-16/h12-13,18H,1-11H2,(H,17,19)(H,20,21). The first kappa shape index (κ1) is 16.3. The molecule has 21 heavy (non-hydrogen) atoms. The smallest absolute Gasteiger partial charge is 0.303 e. The number of aliphatic carboxylic acids is 1. The third kappa shape index (κ3) is 4.99. The van der Waals surface area contributed by atoms with Crippen molar-refractivity contribution in [3.8, 4) is 0 Å². The minimum absolute atomic E-state index is 0.0143. The quantitative estimate of drug-likeness (QED) is 0.726. The molecule has 0 spiro atoms. The summed E-state index contributed by atoms with van der Waals surface area (Å²) in [7, 11) is 0. The van der Waals surface area contributed by atoms with Gasteiger partial charge in [-0.15, -0.1) is 0 Å². The SMILES string of the molecule is O=C(O)CC1(CC(=O)NC2CCC(O)CC2)CCCCC1. The summed E-state index contributed by atoms with van der Waals surface area (Å²) in [6.07, 6.45) is 8.20. The van der Waals surface area contributed by atoms with E-state index in [1.54, 1.807) is 0 Å². The van der Waals surface area contributed by atoms with Gasteiger partial charge in [0.15, 0.2) is 0 Å². The molecule has 2 saturated carbocycles. The molecule has 0 unspecified atom stereocenters. The lowest BCUT2D eigenvalue weighted by Gasteiger charge is -2.36. The van der Waals surface area contributed by atoms with Crippen molar-refractivity contribution in [2.75, 3.05) is 0 Å². The minimum Gasteiger partial charge on any atom is -0.481 e. The van der Waals surface area contributed by atoms with Gasteiger partial charge in [-0.05, 0) is 43.9 Å². The van der Waals surface area contributed by atoms with Crippen LogP contribution in [0.25, 0.3) is 0 Å². The second kappa shape index (κ2) is 7.25.